The number of H-pyrrole nitrogens is 1. The lowest BCUT2D eigenvalue weighted by Crippen LogP contribution is -2.27. The molecule has 1 unspecified atom stereocenters. The molecule has 0 spiro atoms. The predicted molar refractivity (Wildman–Crippen MR) is 82.8 cm³/mol. The lowest BCUT2D eigenvalue weighted by Gasteiger charge is -2.21. The number of benzene rings is 1. The van der Waals surface area contributed by atoms with Gasteiger partial charge < -0.3 is 15.4 Å². The number of ether oxygens (including phenoxy) is 1. The highest BCUT2D eigenvalue weighted by Crippen LogP contribution is 2.38. The Hall–Kier alpha value is -2.01. The molecule has 1 atom stereocenters. The van der Waals surface area contributed by atoms with Crippen LogP contribution in [0.2, 0.25) is 0 Å². The van der Waals surface area contributed by atoms with E-state index in [1.807, 2.05) is 6.07 Å². The van der Waals surface area contributed by atoms with Gasteiger partial charge in [0.15, 0.2) is 5.82 Å². The molecule has 1 aliphatic heterocycles. The third-order valence-corrected chi connectivity index (χ3v) is 4.60. The third kappa shape index (κ3) is 2.00. The van der Waals surface area contributed by atoms with Crippen molar-refractivity contribution in [3.05, 3.63) is 29.3 Å². The molecule has 5 heteroatoms. The first-order chi connectivity index (χ1) is 10.3. The molecule has 0 saturated carbocycles. The van der Waals surface area contributed by atoms with Gasteiger partial charge >= 0.3 is 0 Å². The fraction of sp³-hybridized carbons (Fsp3) is 0.438. The fourth-order valence-electron chi connectivity index (χ4n) is 3.46. The average Bonchev–Trinajstić information content (AvgIpc) is 3.12. The number of nitrogens with zero attached hydrogens (tertiary/aromatic N) is 2. The number of methoxy groups -OCH3 is 1. The molecule has 0 amide bonds. The van der Waals surface area contributed by atoms with Gasteiger partial charge in [0, 0.05) is 30.3 Å². The van der Waals surface area contributed by atoms with Crippen molar-refractivity contribution in [2.24, 2.45) is 5.73 Å². The van der Waals surface area contributed by atoms with E-state index < -0.39 is 0 Å². The quantitative estimate of drug-likeness (QED) is 0.881. The Bertz CT molecular complexity index is 679. The van der Waals surface area contributed by atoms with E-state index in [2.05, 4.69) is 27.2 Å². The number of anilines is 1. The highest BCUT2D eigenvalue weighted by molar-refractivity contribution is 5.75. The van der Waals surface area contributed by atoms with Crippen molar-refractivity contribution in [2.75, 3.05) is 25.1 Å². The zero-order valence-corrected chi connectivity index (χ0v) is 12.2. The van der Waals surface area contributed by atoms with Crippen LogP contribution in [0.1, 0.15) is 17.5 Å². The molecule has 4 rings (SSSR count). The maximum absolute atomic E-state index is 6.02. The van der Waals surface area contributed by atoms with Crippen LogP contribution in [0.5, 0.6) is 5.75 Å². The molecule has 0 bridgehead atoms. The zero-order valence-electron chi connectivity index (χ0n) is 12.2. The Labute approximate surface area is 124 Å². The van der Waals surface area contributed by atoms with Gasteiger partial charge in [-0.3, -0.25) is 5.10 Å². The topological polar surface area (TPSA) is 67.2 Å². The van der Waals surface area contributed by atoms with Crippen LogP contribution in [0.4, 0.5) is 5.82 Å². The molecule has 21 heavy (non-hydrogen) atoms. The van der Waals surface area contributed by atoms with Crippen LogP contribution >= 0.6 is 0 Å². The Kier molecular flexibility index (Phi) is 2.89. The minimum absolute atomic E-state index is 0.275. The number of aryl methyl sites for hydroxylation is 1. The van der Waals surface area contributed by atoms with Crippen LogP contribution in [0.3, 0.4) is 0 Å². The molecule has 5 nitrogen and oxygen atoms in total. The van der Waals surface area contributed by atoms with E-state index in [0.29, 0.717) is 0 Å². The summed E-state index contributed by atoms with van der Waals surface area (Å²) in [6.45, 7) is 1.92. The van der Waals surface area contributed by atoms with Gasteiger partial charge in [0.05, 0.1) is 12.8 Å². The highest BCUT2D eigenvalue weighted by Gasteiger charge is 2.28. The molecule has 110 valence electrons. The monoisotopic (exact) mass is 284 g/mol. The predicted octanol–water partition coefficient (Wildman–Crippen LogP) is 1.72. The Morgan fingerprint density at radius 3 is 3.05 bits per heavy atom. The van der Waals surface area contributed by atoms with Crippen molar-refractivity contribution in [1.29, 1.82) is 0 Å². The van der Waals surface area contributed by atoms with E-state index in [4.69, 9.17) is 10.5 Å². The van der Waals surface area contributed by atoms with Gasteiger partial charge in [-0.2, -0.15) is 5.10 Å². The normalized spacial score (nSPS) is 20.3. The molecule has 2 heterocycles. The van der Waals surface area contributed by atoms with E-state index in [0.717, 1.165) is 49.6 Å². The molecular weight excluding hydrogens is 264 g/mol. The minimum atomic E-state index is 0.275. The molecular formula is C16H20N4O. The number of hydrogen-bond donors (Lipinski definition) is 2. The minimum Gasteiger partial charge on any atom is -0.497 e. The lowest BCUT2D eigenvalue weighted by atomic mass is 9.89. The third-order valence-electron chi connectivity index (χ3n) is 4.60. The number of nitrogens with one attached hydrogen (secondary N) is 1. The molecule has 1 fully saturated rings. The van der Waals surface area contributed by atoms with E-state index in [-0.39, 0.29) is 6.04 Å². The van der Waals surface area contributed by atoms with E-state index in [1.54, 1.807) is 7.11 Å². The molecule has 1 aromatic carbocycles. The molecule has 1 aromatic heterocycles. The van der Waals surface area contributed by atoms with Crippen LogP contribution in [0.15, 0.2) is 18.2 Å². The summed E-state index contributed by atoms with van der Waals surface area (Å²) in [5.74, 6) is 2.02. The number of rotatable bonds is 2. The van der Waals surface area contributed by atoms with Gasteiger partial charge in [-0.05, 0) is 43.0 Å². The van der Waals surface area contributed by atoms with Gasteiger partial charge in [0.1, 0.15) is 5.75 Å². The number of nitrogens with two attached hydrogens (primary N) is 1. The largest absolute Gasteiger partial charge is 0.497 e. The van der Waals surface area contributed by atoms with Gasteiger partial charge in [-0.15, -0.1) is 0 Å². The van der Waals surface area contributed by atoms with Gasteiger partial charge in [-0.25, -0.2) is 0 Å². The smallest absolute Gasteiger partial charge is 0.154 e. The van der Waals surface area contributed by atoms with Gasteiger partial charge in [0.2, 0.25) is 0 Å². The molecule has 2 aromatic rings. The van der Waals surface area contributed by atoms with Crippen LogP contribution < -0.4 is 15.4 Å². The van der Waals surface area contributed by atoms with Crippen LogP contribution in [-0.4, -0.2) is 36.4 Å². The zero-order chi connectivity index (χ0) is 14.4. The van der Waals surface area contributed by atoms with Crippen molar-refractivity contribution >= 4 is 5.82 Å². The molecule has 1 aliphatic carbocycles. The summed E-state index contributed by atoms with van der Waals surface area (Å²) in [7, 11) is 1.71. The van der Waals surface area contributed by atoms with E-state index in [1.165, 1.54) is 16.7 Å². The summed E-state index contributed by atoms with van der Waals surface area (Å²) in [6.07, 6.45) is 3.11. The summed E-state index contributed by atoms with van der Waals surface area (Å²) in [5.41, 5.74) is 11.1. The van der Waals surface area contributed by atoms with Crippen LogP contribution in [0.25, 0.3) is 11.3 Å². The first kappa shape index (κ1) is 12.7. The number of aromatic nitrogens is 2. The first-order valence-electron chi connectivity index (χ1n) is 7.51. The second kappa shape index (κ2) is 4.77. The summed E-state index contributed by atoms with van der Waals surface area (Å²) in [6, 6.07) is 6.55. The molecule has 1 saturated heterocycles. The maximum atomic E-state index is 6.02. The van der Waals surface area contributed by atoms with Gasteiger partial charge in [0.25, 0.3) is 0 Å². The Morgan fingerprint density at radius 1 is 1.38 bits per heavy atom. The highest BCUT2D eigenvalue weighted by atomic mass is 16.5. The number of fused-ring (bicyclic) bond motifs is 3. The van der Waals surface area contributed by atoms with Crippen LogP contribution in [-0.2, 0) is 12.8 Å². The SMILES string of the molecule is COc1ccc2c(c1)CCc1c(N3CCC(N)C3)n[nH]c1-2. The Balaban J connectivity index is 1.74. The molecule has 3 N–H and O–H groups in total. The molecule has 2 aliphatic rings. The summed E-state index contributed by atoms with van der Waals surface area (Å²) < 4.78 is 5.32. The second-order valence-corrected chi connectivity index (χ2v) is 5.92. The summed E-state index contributed by atoms with van der Waals surface area (Å²) in [5, 5.41) is 7.81. The van der Waals surface area contributed by atoms with E-state index >= 15 is 0 Å². The number of hydrogen-bond acceptors (Lipinski definition) is 4. The van der Waals surface area contributed by atoms with Crippen molar-refractivity contribution in [3.63, 3.8) is 0 Å². The second-order valence-electron chi connectivity index (χ2n) is 5.92. The molecule has 0 radical (unpaired) electrons. The van der Waals surface area contributed by atoms with Crippen molar-refractivity contribution in [1.82, 2.24) is 10.2 Å². The van der Waals surface area contributed by atoms with Crippen molar-refractivity contribution in [2.45, 2.75) is 25.3 Å². The average molecular weight is 284 g/mol. The Morgan fingerprint density at radius 2 is 2.29 bits per heavy atom. The standard InChI is InChI=1S/C16H20N4O/c1-21-12-3-5-13-10(8-12)2-4-14-15(13)18-19-16(14)20-7-6-11(17)9-20/h3,5,8,11H,2,4,6-7,9,17H2,1H3,(H,18,19). The summed E-state index contributed by atoms with van der Waals surface area (Å²) >= 11 is 0. The van der Waals surface area contributed by atoms with Crippen molar-refractivity contribution in [3.8, 4) is 17.0 Å². The van der Waals surface area contributed by atoms with E-state index in [9.17, 15) is 0 Å². The first-order valence-corrected chi connectivity index (χ1v) is 7.51. The van der Waals surface area contributed by atoms with Crippen LogP contribution in [0, 0.1) is 0 Å². The van der Waals surface area contributed by atoms with Crippen molar-refractivity contribution < 1.29 is 4.74 Å². The maximum Gasteiger partial charge on any atom is 0.154 e. The lowest BCUT2D eigenvalue weighted by molar-refractivity contribution is 0.414. The summed E-state index contributed by atoms with van der Waals surface area (Å²) in [4.78, 5) is 2.31. The van der Waals surface area contributed by atoms with Gasteiger partial charge in [-0.1, -0.05) is 0 Å². The number of aromatic amines is 1. The fourth-order valence-corrected chi connectivity index (χ4v) is 3.46.